The number of anilines is 1. The largest absolute Gasteiger partial charge is 0.396 e. The number of nitrogens with two attached hydrogens (primary N) is 1. The van der Waals surface area contributed by atoms with E-state index >= 15 is 0 Å². The molecule has 0 radical (unpaired) electrons. The highest BCUT2D eigenvalue weighted by Crippen LogP contribution is 2.31. The van der Waals surface area contributed by atoms with Crippen molar-refractivity contribution in [2.75, 3.05) is 12.0 Å². The molecule has 0 aliphatic rings. The number of nitrogens with zero attached hydrogens (tertiary/aromatic N) is 1. The molecule has 1 rings (SSSR count). The average Bonchev–Trinajstić information content (AvgIpc) is 2.06. The Kier molecular flexibility index (Phi) is 2.87. The van der Waals surface area contributed by atoms with E-state index < -0.39 is 20.4 Å². The van der Waals surface area contributed by atoms with Gasteiger partial charge in [0.05, 0.1) is 20.5 Å². The minimum Gasteiger partial charge on any atom is -0.396 e. The van der Waals surface area contributed by atoms with E-state index in [1.807, 2.05) is 0 Å². The summed E-state index contributed by atoms with van der Waals surface area (Å²) in [5, 5.41) is 10.3. The second-order valence-electron chi connectivity index (χ2n) is 2.87. The zero-order chi connectivity index (χ0) is 11.8. The number of hydrogen-bond acceptors (Lipinski definition) is 5. The molecule has 0 aliphatic heterocycles. The Morgan fingerprint density at radius 2 is 2.00 bits per heavy atom. The van der Waals surface area contributed by atoms with Gasteiger partial charge in [0, 0.05) is 18.4 Å². The summed E-state index contributed by atoms with van der Waals surface area (Å²) in [6.45, 7) is 0. The molecular weight excluding hydrogens is 244 g/mol. The number of sulfone groups is 1. The molecule has 0 saturated carbocycles. The molecule has 0 spiro atoms. The Morgan fingerprint density at radius 3 is 2.40 bits per heavy atom. The van der Waals surface area contributed by atoms with Gasteiger partial charge in [-0.2, -0.15) is 0 Å². The smallest absolute Gasteiger partial charge is 0.272 e. The molecule has 8 heteroatoms. The number of benzene rings is 1. The van der Waals surface area contributed by atoms with E-state index in [1.165, 1.54) is 0 Å². The molecule has 6 nitrogen and oxygen atoms in total. The second kappa shape index (κ2) is 3.67. The van der Waals surface area contributed by atoms with Gasteiger partial charge in [0.25, 0.3) is 5.69 Å². The first-order valence-corrected chi connectivity index (χ1v) is 5.94. The Hall–Kier alpha value is -1.34. The van der Waals surface area contributed by atoms with Crippen molar-refractivity contribution < 1.29 is 13.3 Å². The lowest BCUT2D eigenvalue weighted by Crippen LogP contribution is -2.04. The van der Waals surface area contributed by atoms with E-state index in [0.717, 1.165) is 18.4 Å². The number of rotatable bonds is 2. The van der Waals surface area contributed by atoms with Crippen molar-refractivity contribution >= 4 is 32.8 Å². The highest BCUT2D eigenvalue weighted by molar-refractivity contribution is 7.90. The van der Waals surface area contributed by atoms with Crippen LogP contribution in [0.15, 0.2) is 17.0 Å². The molecule has 1 aromatic carbocycles. The van der Waals surface area contributed by atoms with Crippen LogP contribution in [0.4, 0.5) is 11.4 Å². The topological polar surface area (TPSA) is 103 Å². The van der Waals surface area contributed by atoms with E-state index in [4.69, 9.17) is 17.3 Å². The molecule has 0 amide bonds. The lowest BCUT2D eigenvalue weighted by atomic mass is 10.3. The fraction of sp³-hybridized carbons (Fsp3) is 0.143. The second-order valence-corrected chi connectivity index (χ2v) is 5.26. The molecule has 0 saturated heterocycles. The normalized spacial score (nSPS) is 11.3. The van der Waals surface area contributed by atoms with Crippen molar-refractivity contribution in [3.8, 4) is 0 Å². The maximum atomic E-state index is 11.2. The number of non-ortho nitro benzene ring substituents is 1. The van der Waals surface area contributed by atoms with Crippen LogP contribution in [0, 0.1) is 10.1 Å². The molecule has 0 unspecified atom stereocenters. The van der Waals surface area contributed by atoms with Crippen molar-refractivity contribution in [2.45, 2.75) is 4.90 Å². The van der Waals surface area contributed by atoms with Gasteiger partial charge in [-0.3, -0.25) is 10.1 Å². The third-order valence-electron chi connectivity index (χ3n) is 1.69. The van der Waals surface area contributed by atoms with E-state index in [-0.39, 0.29) is 15.6 Å². The highest BCUT2D eigenvalue weighted by atomic mass is 35.5. The van der Waals surface area contributed by atoms with Crippen molar-refractivity contribution in [1.29, 1.82) is 0 Å². The van der Waals surface area contributed by atoms with Crippen molar-refractivity contribution in [3.63, 3.8) is 0 Å². The van der Waals surface area contributed by atoms with Crippen molar-refractivity contribution in [1.82, 2.24) is 0 Å². The summed E-state index contributed by atoms with van der Waals surface area (Å²) in [5.74, 6) is 0. The Bertz CT molecular complexity index is 526. The quantitative estimate of drug-likeness (QED) is 0.483. The summed E-state index contributed by atoms with van der Waals surface area (Å²) >= 11 is 5.58. The van der Waals surface area contributed by atoms with Crippen LogP contribution in [0.2, 0.25) is 5.02 Å². The maximum absolute atomic E-state index is 11.2. The molecule has 0 atom stereocenters. The summed E-state index contributed by atoms with van der Waals surface area (Å²) < 4.78 is 22.4. The van der Waals surface area contributed by atoms with Crippen LogP contribution in [-0.2, 0) is 9.84 Å². The minimum atomic E-state index is -3.63. The standard InChI is InChI=1S/C7H7ClN2O4S/c1-15(13,14)6-3-4(10(11)12)2-5(8)7(6)9/h2-3H,9H2,1H3. The van der Waals surface area contributed by atoms with Gasteiger partial charge in [0.1, 0.15) is 0 Å². The van der Waals surface area contributed by atoms with Crippen LogP contribution in [0.25, 0.3) is 0 Å². The molecule has 2 N–H and O–H groups in total. The summed E-state index contributed by atoms with van der Waals surface area (Å²) in [6, 6.07) is 1.89. The average molecular weight is 251 g/mol. The fourth-order valence-electron chi connectivity index (χ4n) is 0.991. The summed E-state index contributed by atoms with van der Waals surface area (Å²) in [6.07, 6.45) is 0.902. The van der Waals surface area contributed by atoms with E-state index in [1.54, 1.807) is 0 Å². The Balaban J connectivity index is 3.59. The van der Waals surface area contributed by atoms with Crippen LogP contribution in [0.5, 0.6) is 0 Å². The van der Waals surface area contributed by atoms with E-state index in [0.29, 0.717) is 0 Å². The summed E-state index contributed by atoms with van der Waals surface area (Å²) in [7, 11) is -3.63. The van der Waals surface area contributed by atoms with Gasteiger partial charge < -0.3 is 5.73 Å². The molecule has 0 fully saturated rings. The number of halogens is 1. The van der Waals surface area contributed by atoms with Gasteiger partial charge in [-0.05, 0) is 0 Å². The summed E-state index contributed by atoms with van der Waals surface area (Å²) in [5.41, 5.74) is 4.82. The van der Waals surface area contributed by atoms with Gasteiger partial charge in [-0.1, -0.05) is 11.6 Å². The van der Waals surface area contributed by atoms with Gasteiger partial charge in [0.2, 0.25) is 0 Å². The van der Waals surface area contributed by atoms with Crippen LogP contribution >= 0.6 is 11.6 Å². The van der Waals surface area contributed by atoms with E-state index in [2.05, 4.69) is 0 Å². The Morgan fingerprint density at radius 1 is 1.47 bits per heavy atom. The third kappa shape index (κ3) is 2.37. The molecule has 0 bridgehead atoms. The molecular formula is C7H7ClN2O4S. The first-order chi connectivity index (χ1) is 6.73. The summed E-state index contributed by atoms with van der Waals surface area (Å²) in [4.78, 5) is 9.39. The molecule has 0 heterocycles. The SMILES string of the molecule is CS(=O)(=O)c1cc([N+](=O)[O-])cc(Cl)c1N. The first kappa shape index (κ1) is 11.7. The fourth-order valence-corrected chi connectivity index (χ4v) is 2.11. The van der Waals surface area contributed by atoms with Crippen molar-refractivity contribution in [2.24, 2.45) is 0 Å². The van der Waals surface area contributed by atoms with Gasteiger partial charge in [-0.15, -0.1) is 0 Å². The van der Waals surface area contributed by atoms with Crippen molar-refractivity contribution in [3.05, 3.63) is 27.3 Å². The van der Waals surface area contributed by atoms with Gasteiger partial charge in [-0.25, -0.2) is 8.42 Å². The molecule has 15 heavy (non-hydrogen) atoms. The van der Waals surface area contributed by atoms with Gasteiger partial charge >= 0.3 is 0 Å². The number of hydrogen-bond donors (Lipinski definition) is 1. The predicted molar refractivity (Wildman–Crippen MR) is 55.6 cm³/mol. The zero-order valence-corrected chi connectivity index (χ0v) is 9.17. The zero-order valence-electron chi connectivity index (χ0n) is 7.60. The number of nitro groups is 1. The predicted octanol–water partition coefficient (Wildman–Crippen LogP) is 1.23. The number of nitro benzene ring substituents is 1. The monoisotopic (exact) mass is 250 g/mol. The third-order valence-corrected chi connectivity index (χ3v) is 3.14. The Labute approximate surface area is 90.7 Å². The molecule has 0 aromatic heterocycles. The minimum absolute atomic E-state index is 0.148. The molecule has 0 aliphatic carbocycles. The first-order valence-electron chi connectivity index (χ1n) is 3.67. The van der Waals surface area contributed by atoms with Gasteiger partial charge in [0.15, 0.2) is 9.84 Å². The lowest BCUT2D eigenvalue weighted by Gasteiger charge is -2.04. The molecule has 1 aromatic rings. The van der Waals surface area contributed by atoms with Crippen LogP contribution in [0.1, 0.15) is 0 Å². The van der Waals surface area contributed by atoms with E-state index in [9.17, 15) is 18.5 Å². The highest BCUT2D eigenvalue weighted by Gasteiger charge is 2.19. The number of nitrogen functional groups attached to an aromatic ring is 1. The van der Waals surface area contributed by atoms with Crippen LogP contribution < -0.4 is 5.73 Å². The molecule has 82 valence electrons. The van der Waals surface area contributed by atoms with Crippen LogP contribution in [0.3, 0.4) is 0 Å². The van der Waals surface area contributed by atoms with Crippen LogP contribution in [-0.4, -0.2) is 19.6 Å². The maximum Gasteiger partial charge on any atom is 0.272 e. The lowest BCUT2D eigenvalue weighted by molar-refractivity contribution is -0.385.